The number of aliphatic hydroxyl groups is 1. The molecule has 0 saturated carbocycles. The highest BCUT2D eigenvalue weighted by atomic mass is 19.4. The highest BCUT2D eigenvalue weighted by Crippen LogP contribution is 2.44. The fourth-order valence-electron chi connectivity index (χ4n) is 6.19. The van der Waals surface area contributed by atoms with Gasteiger partial charge in [0.25, 0.3) is 5.91 Å². The summed E-state index contributed by atoms with van der Waals surface area (Å²) in [4.78, 5) is 19.5. The standard InChI is InChI=1S/C43H36F6N2O4/c44-42(45,46)35-25-30(26-36(27-35)43(47,48)49)28-50-40(53)41(22-7-11-29-9-3-1-4-10-29)38(33-16-14-32(15-17-33)31-12-5-2-6-13-31)55-39(51-41)34-18-20-37(21-19-34)54-24-8-23-52/h1-7,9-21,25-27,38,52H,8,22-24,28H2,(H,50,53)/b11-7+/t38-,41-/m1/s1. The molecule has 0 saturated heterocycles. The number of carbonyl (C=O) groups excluding carboxylic acids is 1. The van der Waals surface area contributed by atoms with Gasteiger partial charge in [-0.05, 0) is 70.3 Å². The fourth-order valence-corrected chi connectivity index (χ4v) is 6.19. The van der Waals surface area contributed by atoms with Gasteiger partial charge in [-0.25, -0.2) is 4.99 Å². The van der Waals surface area contributed by atoms with Gasteiger partial charge >= 0.3 is 12.4 Å². The molecule has 0 bridgehead atoms. The summed E-state index contributed by atoms with van der Waals surface area (Å²) < 4.78 is 94.3. The number of amides is 1. The average Bonchev–Trinajstić information content (AvgIpc) is 3.58. The van der Waals surface area contributed by atoms with Crippen LogP contribution in [-0.2, 0) is 28.4 Å². The lowest BCUT2D eigenvalue weighted by Crippen LogP contribution is -2.47. The Morgan fingerprint density at radius 3 is 1.96 bits per heavy atom. The lowest BCUT2D eigenvalue weighted by Gasteiger charge is -2.30. The van der Waals surface area contributed by atoms with Crippen LogP contribution in [0.25, 0.3) is 17.2 Å². The largest absolute Gasteiger partial charge is 0.494 e. The highest BCUT2D eigenvalue weighted by Gasteiger charge is 2.52. The molecular weight excluding hydrogens is 722 g/mol. The molecular formula is C43H36F6N2O4. The van der Waals surface area contributed by atoms with E-state index in [1.807, 2.05) is 72.8 Å². The molecule has 55 heavy (non-hydrogen) atoms. The molecule has 1 aliphatic heterocycles. The van der Waals surface area contributed by atoms with Gasteiger partial charge in [0.2, 0.25) is 5.90 Å². The second-order valence-corrected chi connectivity index (χ2v) is 12.9. The number of nitrogens with zero attached hydrogens (tertiary/aromatic N) is 1. The van der Waals surface area contributed by atoms with Gasteiger partial charge in [-0.15, -0.1) is 0 Å². The Bertz CT molecular complexity index is 2090. The van der Waals surface area contributed by atoms with Crippen LogP contribution in [0.5, 0.6) is 5.75 Å². The summed E-state index contributed by atoms with van der Waals surface area (Å²) >= 11 is 0. The maximum absolute atomic E-state index is 14.6. The molecule has 5 aromatic rings. The van der Waals surface area contributed by atoms with Crippen LogP contribution in [0, 0.1) is 0 Å². The number of alkyl halides is 6. The van der Waals surface area contributed by atoms with Crippen molar-refractivity contribution < 1.29 is 45.7 Å². The maximum Gasteiger partial charge on any atom is 0.416 e. The molecule has 0 radical (unpaired) electrons. The zero-order valence-electron chi connectivity index (χ0n) is 29.3. The predicted molar refractivity (Wildman–Crippen MR) is 197 cm³/mol. The van der Waals surface area contributed by atoms with Gasteiger partial charge in [0.05, 0.1) is 17.7 Å². The summed E-state index contributed by atoms with van der Waals surface area (Å²) in [6, 6.07) is 34.2. The zero-order chi connectivity index (χ0) is 39.1. The molecule has 1 amide bonds. The van der Waals surface area contributed by atoms with Crippen molar-refractivity contribution in [3.63, 3.8) is 0 Å². The second kappa shape index (κ2) is 16.6. The number of aliphatic hydroxyl groups excluding tert-OH is 1. The number of hydrogen-bond acceptors (Lipinski definition) is 5. The Kier molecular flexibility index (Phi) is 11.8. The molecule has 0 aromatic heterocycles. The SMILES string of the molecule is O=C(NCc1cc(C(F)(F)F)cc(C(F)(F)F)c1)[C@]1(C/C=C/c2ccccc2)N=C(c2ccc(OCCCO)cc2)O[C@@H]1c1ccc(-c2ccccc2)cc1. The van der Waals surface area contributed by atoms with Crippen molar-refractivity contribution in [3.05, 3.63) is 167 Å². The molecule has 6 nitrogen and oxygen atoms in total. The van der Waals surface area contributed by atoms with E-state index in [4.69, 9.17) is 19.6 Å². The number of ether oxygens (including phenoxy) is 2. The summed E-state index contributed by atoms with van der Waals surface area (Å²) in [6.07, 6.45) is -7.27. The number of rotatable bonds is 13. The van der Waals surface area contributed by atoms with Crippen molar-refractivity contribution >= 4 is 17.9 Å². The van der Waals surface area contributed by atoms with E-state index in [2.05, 4.69) is 5.32 Å². The first-order chi connectivity index (χ1) is 26.4. The quantitative estimate of drug-likeness (QED) is 0.0926. The van der Waals surface area contributed by atoms with Crippen LogP contribution in [0.3, 0.4) is 0 Å². The summed E-state index contributed by atoms with van der Waals surface area (Å²) in [5.74, 6) is -0.147. The predicted octanol–water partition coefficient (Wildman–Crippen LogP) is 9.83. The normalized spacial score (nSPS) is 17.1. The minimum atomic E-state index is -5.06. The minimum Gasteiger partial charge on any atom is -0.494 e. The van der Waals surface area contributed by atoms with E-state index in [1.54, 1.807) is 48.6 Å². The number of halogens is 6. The molecule has 0 fully saturated rings. The van der Waals surface area contributed by atoms with Crippen LogP contribution in [0.15, 0.2) is 138 Å². The summed E-state index contributed by atoms with van der Waals surface area (Å²) in [6.45, 7) is -0.390. The molecule has 12 heteroatoms. The van der Waals surface area contributed by atoms with E-state index in [0.717, 1.165) is 16.7 Å². The van der Waals surface area contributed by atoms with E-state index in [-0.39, 0.29) is 25.0 Å². The van der Waals surface area contributed by atoms with Crippen molar-refractivity contribution in [2.75, 3.05) is 13.2 Å². The maximum atomic E-state index is 14.6. The second-order valence-electron chi connectivity index (χ2n) is 12.9. The van der Waals surface area contributed by atoms with Gasteiger partial charge in [-0.3, -0.25) is 4.79 Å². The Labute approximate surface area is 313 Å². The lowest BCUT2D eigenvalue weighted by molar-refractivity contribution is -0.143. The average molecular weight is 759 g/mol. The monoisotopic (exact) mass is 758 g/mol. The summed E-state index contributed by atoms with van der Waals surface area (Å²) in [5, 5.41) is 11.7. The van der Waals surface area contributed by atoms with Gasteiger partial charge in [-0.2, -0.15) is 26.3 Å². The molecule has 1 heterocycles. The van der Waals surface area contributed by atoms with Crippen molar-refractivity contribution in [1.29, 1.82) is 0 Å². The van der Waals surface area contributed by atoms with Crippen molar-refractivity contribution in [2.45, 2.75) is 43.4 Å². The third-order valence-corrected chi connectivity index (χ3v) is 8.99. The smallest absolute Gasteiger partial charge is 0.416 e. The van der Waals surface area contributed by atoms with Crippen LogP contribution in [0.4, 0.5) is 26.3 Å². The number of benzene rings is 5. The Morgan fingerprint density at radius 2 is 1.36 bits per heavy atom. The minimum absolute atomic E-state index is 0.0312. The first-order valence-electron chi connectivity index (χ1n) is 17.4. The van der Waals surface area contributed by atoms with Gasteiger partial charge in [0, 0.05) is 31.6 Å². The van der Waals surface area contributed by atoms with Crippen LogP contribution in [-0.4, -0.2) is 35.7 Å². The molecule has 0 unspecified atom stereocenters. The van der Waals surface area contributed by atoms with Crippen molar-refractivity contribution in [3.8, 4) is 16.9 Å². The first-order valence-corrected chi connectivity index (χ1v) is 17.4. The molecule has 6 rings (SSSR count). The third-order valence-electron chi connectivity index (χ3n) is 8.99. The Hall–Kier alpha value is -5.88. The number of hydrogen-bond donors (Lipinski definition) is 2. The molecule has 0 spiro atoms. The van der Waals surface area contributed by atoms with E-state index in [0.29, 0.717) is 42.0 Å². The third kappa shape index (κ3) is 9.44. The first kappa shape index (κ1) is 38.8. The van der Waals surface area contributed by atoms with Crippen LogP contribution in [0.2, 0.25) is 0 Å². The molecule has 0 aliphatic carbocycles. The highest BCUT2D eigenvalue weighted by molar-refractivity contribution is 6.01. The van der Waals surface area contributed by atoms with Crippen LogP contribution in [0.1, 0.15) is 52.3 Å². The topological polar surface area (TPSA) is 80.2 Å². The molecule has 2 N–H and O–H groups in total. The van der Waals surface area contributed by atoms with Crippen molar-refractivity contribution in [2.24, 2.45) is 4.99 Å². The Balaban J connectivity index is 1.41. The Morgan fingerprint density at radius 1 is 0.782 bits per heavy atom. The van der Waals surface area contributed by atoms with E-state index < -0.39 is 53.1 Å². The van der Waals surface area contributed by atoms with Gasteiger partial charge in [0.1, 0.15) is 5.75 Å². The lowest BCUT2D eigenvalue weighted by atomic mass is 9.83. The van der Waals surface area contributed by atoms with E-state index in [9.17, 15) is 31.1 Å². The number of carbonyl (C=O) groups is 1. The van der Waals surface area contributed by atoms with Crippen LogP contribution >= 0.6 is 0 Å². The van der Waals surface area contributed by atoms with Gasteiger partial charge < -0.3 is 19.9 Å². The fraction of sp³-hybridized carbons (Fsp3) is 0.209. The molecule has 284 valence electrons. The molecule has 5 aromatic carbocycles. The number of aliphatic imine (C=N–C) groups is 1. The summed E-state index contributed by atoms with van der Waals surface area (Å²) in [5.41, 5.74) is -1.41. The molecule has 2 atom stereocenters. The van der Waals surface area contributed by atoms with Crippen LogP contribution < -0.4 is 10.1 Å². The van der Waals surface area contributed by atoms with Gasteiger partial charge in [-0.1, -0.05) is 97.1 Å². The summed E-state index contributed by atoms with van der Waals surface area (Å²) in [7, 11) is 0. The van der Waals surface area contributed by atoms with E-state index in [1.165, 1.54) is 0 Å². The molecule has 1 aliphatic rings. The van der Waals surface area contributed by atoms with Gasteiger partial charge in [0.15, 0.2) is 11.6 Å². The number of nitrogens with one attached hydrogen (secondary N) is 1. The van der Waals surface area contributed by atoms with E-state index >= 15 is 0 Å². The zero-order valence-corrected chi connectivity index (χ0v) is 29.3. The van der Waals surface area contributed by atoms with Crippen molar-refractivity contribution in [1.82, 2.24) is 5.32 Å².